The summed E-state index contributed by atoms with van der Waals surface area (Å²) in [5.41, 5.74) is 5.54. The minimum atomic E-state index is -0.663. The largest absolute Gasteiger partial charge is 0.494 e. The summed E-state index contributed by atoms with van der Waals surface area (Å²) in [6.45, 7) is 7.54. The number of aliphatic carboxylic acids is 1. The van der Waals surface area contributed by atoms with Gasteiger partial charge in [-0.2, -0.15) is 0 Å². The van der Waals surface area contributed by atoms with Crippen LogP contribution in [0.15, 0.2) is 23.8 Å². The number of allylic oxidation sites excluding steroid dienone is 1. The van der Waals surface area contributed by atoms with Gasteiger partial charge in [0.25, 0.3) is 0 Å². The van der Waals surface area contributed by atoms with Gasteiger partial charge in [0.2, 0.25) is 0 Å². The first kappa shape index (κ1) is 23.8. The smallest absolute Gasteiger partial charge is 0.309 e. The predicted molar refractivity (Wildman–Crippen MR) is 121 cm³/mol. The maximum absolute atomic E-state index is 11.0. The molecule has 1 fully saturated rings. The zero-order valence-electron chi connectivity index (χ0n) is 17.9. The highest BCUT2D eigenvalue weighted by Crippen LogP contribution is 2.34. The van der Waals surface area contributed by atoms with Crippen molar-refractivity contribution in [2.24, 2.45) is 5.92 Å². The monoisotopic (exact) mass is 421 g/mol. The van der Waals surface area contributed by atoms with Gasteiger partial charge >= 0.3 is 5.97 Å². The lowest BCUT2D eigenvalue weighted by molar-refractivity contribution is -0.147. The van der Waals surface area contributed by atoms with Gasteiger partial charge in [0.05, 0.1) is 12.5 Å². The van der Waals surface area contributed by atoms with Crippen molar-refractivity contribution in [2.75, 3.05) is 26.2 Å². The fourth-order valence-corrected chi connectivity index (χ4v) is 4.29. The van der Waals surface area contributed by atoms with Crippen LogP contribution in [0, 0.1) is 5.92 Å². The second-order valence-electron chi connectivity index (χ2n) is 8.39. The third-order valence-corrected chi connectivity index (χ3v) is 6.19. The van der Waals surface area contributed by atoms with E-state index in [-0.39, 0.29) is 18.3 Å². The van der Waals surface area contributed by atoms with Crippen molar-refractivity contribution in [3.05, 3.63) is 34.9 Å². The number of benzene rings is 1. The molecule has 4 nitrogen and oxygen atoms in total. The van der Waals surface area contributed by atoms with Gasteiger partial charge in [-0.3, -0.25) is 9.69 Å². The lowest BCUT2D eigenvalue weighted by atomic mass is 9.85. The van der Waals surface area contributed by atoms with Crippen LogP contribution in [0.1, 0.15) is 69.9 Å². The molecule has 0 atom stereocenters. The number of carboxylic acid groups (broad SMARTS) is 1. The topological polar surface area (TPSA) is 49.8 Å². The van der Waals surface area contributed by atoms with Crippen molar-refractivity contribution in [3.63, 3.8) is 0 Å². The molecular formula is C24H36ClNO3. The first-order valence-electron chi connectivity index (χ1n) is 11.0. The number of ether oxygens (including phenoxy) is 1. The van der Waals surface area contributed by atoms with Crippen molar-refractivity contribution in [2.45, 2.75) is 65.2 Å². The molecule has 1 aromatic carbocycles. The van der Waals surface area contributed by atoms with E-state index in [9.17, 15) is 4.79 Å². The van der Waals surface area contributed by atoms with E-state index in [0.29, 0.717) is 13.1 Å². The number of halogens is 1. The van der Waals surface area contributed by atoms with E-state index in [1.54, 1.807) is 0 Å². The Morgan fingerprint density at radius 1 is 1.14 bits per heavy atom. The zero-order chi connectivity index (χ0) is 19.9. The van der Waals surface area contributed by atoms with Gasteiger partial charge in [-0.25, -0.2) is 0 Å². The summed E-state index contributed by atoms with van der Waals surface area (Å²) < 4.78 is 5.99. The number of fused-ring (bicyclic) bond motifs is 1. The fraction of sp³-hybridized carbons (Fsp3) is 0.625. The fourth-order valence-electron chi connectivity index (χ4n) is 4.29. The summed E-state index contributed by atoms with van der Waals surface area (Å²) in [7, 11) is 0. The first-order chi connectivity index (χ1) is 13.6. The van der Waals surface area contributed by atoms with E-state index in [4.69, 9.17) is 9.84 Å². The number of rotatable bonds is 11. The molecule has 0 bridgehead atoms. The van der Waals surface area contributed by atoms with Crippen LogP contribution in [0.25, 0.3) is 5.57 Å². The van der Waals surface area contributed by atoms with E-state index in [1.807, 2.05) is 0 Å². The molecule has 0 spiro atoms. The summed E-state index contributed by atoms with van der Waals surface area (Å²) in [4.78, 5) is 13.2. The van der Waals surface area contributed by atoms with Crippen LogP contribution >= 0.6 is 12.4 Å². The maximum atomic E-state index is 11.0. The Kier molecular flexibility index (Phi) is 9.51. The van der Waals surface area contributed by atoms with E-state index in [1.165, 1.54) is 54.4 Å². The lowest BCUT2D eigenvalue weighted by Gasteiger charge is -2.38. The average molecular weight is 422 g/mol. The highest BCUT2D eigenvalue weighted by Gasteiger charge is 2.33. The Bertz CT molecular complexity index is 710. The maximum Gasteiger partial charge on any atom is 0.309 e. The summed E-state index contributed by atoms with van der Waals surface area (Å²) in [6, 6.07) is 6.53. The van der Waals surface area contributed by atoms with Gasteiger partial charge < -0.3 is 9.84 Å². The summed E-state index contributed by atoms with van der Waals surface area (Å²) in [5.74, 6) is 0.156. The number of hydrogen-bond donors (Lipinski definition) is 1. The van der Waals surface area contributed by atoms with E-state index in [2.05, 4.69) is 36.9 Å². The number of likely N-dealkylation sites (tertiary alicyclic amines) is 1. The van der Waals surface area contributed by atoms with Gasteiger partial charge in [-0.1, -0.05) is 50.7 Å². The van der Waals surface area contributed by atoms with Crippen LogP contribution in [0.4, 0.5) is 0 Å². The molecule has 1 heterocycles. The molecule has 0 aromatic heterocycles. The predicted octanol–water partition coefficient (Wildman–Crippen LogP) is 5.58. The van der Waals surface area contributed by atoms with Crippen LogP contribution in [0.5, 0.6) is 5.75 Å². The average Bonchev–Trinajstić information content (AvgIpc) is 2.64. The highest BCUT2D eigenvalue weighted by atomic mass is 35.5. The minimum Gasteiger partial charge on any atom is -0.494 e. The molecular weight excluding hydrogens is 386 g/mol. The molecule has 1 saturated heterocycles. The number of unbranched alkanes of at least 4 members (excludes halogenated alkanes) is 5. The molecule has 0 unspecified atom stereocenters. The van der Waals surface area contributed by atoms with Gasteiger partial charge in [0.15, 0.2) is 0 Å². The zero-order valence-corrected chi connectivity index (χ0v) is 18.7. The molecule has 0 saturated carbocycles. The molecule has 1 aliphatic carbocycles. The molecule has 1 aliphatic heterocycles. The van der Waals surface area contributed by atoms with E-state index >= 15 is 0 Å². The standard InChI is InChI=1S/C24H35NO3.ClH/c1-3-4-5-6-7-8-13-28-22-11-12-23-18(2)20(10-9-19(23)14-22)15-25-16-21(17-25)24(26)27;/h11-12,14,21H,3-10,13,15-17H2,1-2H3,(H,26,27);1H. The Balaban J connectivity index is 0.00000300. The minimum absolute atomic E-state index is 0. The third-order valence-electron chi connectivity index (χ3n) is 6.19. The normalized spacial score (nSPS) is 16.8. The molecule has 0 radical (unpaired) electrons. The molecule has 3 rings (SSSR count). The van der Waals surface area contributed by atoms with Crippen molar-refractivity contribution in [3.8, 4) is 5.75 Å². The second-order valence-corrected chi connectivity index (χ2v) is 8.39. The van der Waals surface area contributed by atoms with E-state index < -0.39 is 5.97 Å². The number of carboxylic acids is 1. The molecule has 162 valence electrons. The highest BCUT2D eigenvalue weighted by molar-refractivity contribution is 5.85. The Hall–Kier alpha value is -1.52. The lowest BCUT2D eigenvalue weighted by Crippen LogP contribution is -2.50. The number of hydrogen-bond acceptors (Lipinski definition) is 3. The van der Waals surface area contributed by atoms with Crippen molar-refractivity contribution in [1.29, 1.82) is 0 Å². The summed E-state index contributed by atoms with van der Waals surface area (Å²) >= 11 is 0. The number of nitrogens with zero attached hydrogens (tertiary/aromatic N) is 1. The van der Waals surface area contributed by atoms with Gasteiger partial charge in [-0.15, -0.1) is 12.4 Å². The molecule has 1 aromatic rings. The van der Waals surface area contributed by atoms with E-state index in [0.717, 1.165) is 38.2 Å². The van der Waals surface area contributed by atoms with Crippen molar-refractivity contribution < 1.29 is 14.6 Å². The quantitative estimate of drug-likeness (QED) is 0.473. The van der Waals surface area contributed by atoms with Crippen LogP contribution in [-0.2, 0) is 11.2 Å². The van der Waals surface area contributed by atoms with Crippen molar-refractivity contribution in [1.82, 2.24) is 4.90 Å². The van der Waals surface area contributed by atoms with Gasteiger partial charge in [-0.05, 0) is 55.0 Å². The Morgan fingerprint density at radius 2 is 1.86 bits per heavy atom. The third kappa shape index (κ3) is 6.48. The molecule has 1 N–H and O–H groups in total. The van der Waals surface area contributed by atoms with Crippen LogP contribution in [-0.4, -0.2) is 42.2 Å². The first-order valence-corrected chi connectivity index (χ1v) is 11.0. The van der Waals surface area contributed by atoms with Crippen LogP contribution in [0.2, 0.25) is 0 Å². The molecule has 29 heavy (non-hydrogen) atoms. The second kappa shape index (κ2) is 11.6. The van der Waals surface area contributed by atoms with Crippen molar-refractivity contribution >= 4 is 23.9 Å². The summed E-state index contributed by atoms with van der Waals surface area (Å²) in [6.07, 6.45) is 9.81. The van der Waals surface area contributed by atoms with Crippen LogP contribution in [0.3, 0.4) is 0 Å². The Labute approximate surface area is 181 Å². The van der Waals surface area contributed by atoms with Gasteiger partial charge in [0.1, 0.15) is 5.75 Å². The number of carbonyl (C=O) groups is 1. The molecule has 0 amide bonds. The van der Waals surface area contributed by atoms with Gasteiger partial charge in [0, 0.05) is 19.6 Å². The molecule has 5 heteroatoms. The summed E-state index contributed by atoms with van der Waals surface area (Å²) in [5, 5.41) is 9.04. The SMILES string of the molecule is CCCCCCCCOc1ccc2c(c1)CCC(CN1CC(C(=O)O)C1)=C2C.Cl. The van der Waals surface area contributed by atoms with Crippen LogP contribution < -0.4 is 4.74 Å². The number of aryl methyl sites for hydroxylation is 1. The Morgan fingerprint density at radius 3 is 2.59 bits per heavy atom. The molecule has 2 aliphatic rings.